The number of rotatable bonds is 9. The van der Waals surface area contributed by atoms with Crippen molar-refractivity contribution in [3.8, 4) is 5.75 Å². The van der Waals surface area contributed by atoms with Gasteiger partial charge in [0.1, 0.15) is 12.4 Å². The number of fused-ring (bicyclic) bond motifs is 1. The van der Waals surface area contributed by atoms with E-state index in [1.807, 2.05) is 18.5 Å². The SMILES string of the molecule is c1ccc(COCCc2cccc3c2CCN3c2cncc(OC[C@@H]3CCCN3)c2)cc1. The number of nitrogens with zero attached hydrogens (tertiary/aromatic N) is 2. The second-order valence-corrected chi connectivity index (χ2v) is 8.59. The Morgan fingerprint density at radius 1 is 1.06 bits per heavy atom. The number of benzene rings is 2. The van der Waals surface area contributed by atoms with Crippen molar-refractivity contribution in [3.05, 3.63) is 83.7 Å². The summed E-state index contributed by atoms with van der Waals surface area (Å²) in [4.78, 5) is 6.81. The van der Waals surface area contributed by atoms with E-state index in [0.29, 0.717) is 19.3 Å². The number of anilines is 2. The third-order valence-corrected chi connectivity index (χ3v) is 6.38. The minimum absolute atomic E-state index is 0.456. The van der Waals surface area contributed by atoms with Crippen LogP contribution in [0.3, 0.4) is 0 Å². The highest BCUT2D eigenvalue weighted by atomic mass is 16.5. The van der Waals surface area contributed by atoms with E-state index in [1.54, 1.807) is 0 Å². The Hall–Kier alpha value is -2.89. The van der Waals surface area contributed by atoms with Crippen LogP contribution in [0.4, 0.5) is 11.4 Å². The number of hydrogen-bond donors (Lipinski definition) is 1. The summed E-state index contributed by atoms with van der Waals surface area (Å²) < 4.78 is 12.0. The molecule has 5 rings (SSSR count). The van der Waals surface area contributed by atoms with Gasteiger partial charge in [-0.3, -0.25) is 4.98 Å². The fourth-order valence-electron chi connectivity index (χ4n) is 4.69. The fraction of sp³-hybridized carbons (Fsp3) is 0.370. The molecule has 0 radical (unpaired) electrons. The molecule has 2 aliphatic rings. The molecule has 3 heterocycles. The molecule has 0 saturated carbocycles. The summed E-state index contributed by atoms with van der Waals surface area (Å²) >= 11 is 0. The van der Waals surface area contributed by atoms with Crippen molar-refractivity contribution >= 4 is 11.4 Å². The fourth-order valence-corrected chi connectivity index (χ4v) is 4.69. The van der Waals surface area contributed by atoms with Crippen LogP contribution in [0.1, 0.15) is 29.5 Å². The second-order valence-electron chi connectivity index (χ2n) is 8.59. The van der Waals surface area contributed by atoms with Gasteiger partial charge in [0.25, 0.3) is 0 Å². The van der Waals surface area contributed by atoms with Crippen LogP contribution in [0.15, 0.2) is 67.0 Å². The molecule has 5 nitrogen and oxygen atoms in total. The van der Waals surface area contributed by atoms with E-state index < -0.39 is 0 Å². The van der Waals surface area contributed by atoms with Crippen LogP contribution in [0.2, 0.25) is 0 Å². The maximum absolute atomic E-state index is 6.04. The predicted molar refractivity (Wildman–Crippen MR) is 128 cm³/mol. The Bertz CT molecular complexity index is 1020. The van der Waals surface area contributed by atoms with Gasteiger partial charge < -0.3 is 19.7 Å². The second kappa shape index (κ2) is 10.2. The van der Waals surface area contributed by atoms with Gasteiger partial charge in [-0.25, -0.2) is 0 Å². The van der Waals surface area contributed by atoms with Crippen LogP contribution >= 0.6 is 0 Å². The molecule has 1 atom stereocenters. The Balaban J connectivity index is 1.22. The summed E-state index contributed by atoms with van der Waals surface area (Å²) in [6.45, 7) is 4.15. The molecule has 2 aliphatic heterocycles. The third-order valence-electron chi connectivity index (χ3n) is 6.38. The van der Waals surface area contributed by atoms with Crippen LogP contribution in [0.25, 0.3) is 0 Å². The summed E-state index contributed by atoms with van der Waals surface area (Å²) in [5.74, 6) is 0.843. The van der Waals surface area contributed by atoms with Crippen molar-refractivity contribution in [2.24, 2.45) is 0 Å². The molecule has 0 spiro atoms. The summed E-state index contributed by atoms with van der Waals surface area (Å²) in [5.41, 5.74) is 6.40. The molecule has 2 aromatic carbocycles. The van der Waals surface area contributed by atoms with Gasteiger partial charge in [0.2, 0.25) is 0 Å². The normalized spacial score (nSPS) is 17.5. The summed E-state index contributed by atoms with van der Waals surface area (Å²) in [7, 11) is 0. The maximum atomic E-state index is 6.04. The molecule has 1 N–H and O–H groups in total. The van der Waals surface area contributed by atoms with Crippen molar-refractivity contribution in [1.82, 2.24) is 10.3 Å². The summed E-state index contributed by atoms with van der Waals surface area (Å²) in [6, 6.07) is 19.5. The Labute approximate surface area is 190 Å². The first-order valence-corrected chi connectivity index (χ1v) is 11.7. The average molecular weight is 430 g/mol. The molecule has 1 fully saturated rings. The number of hydrogen-bond acceptors (Lipinski definition) is 5. The van der Waals surface area contributed by atoms with Crippen LogP contribution in [-0.4, -0.2) is 37.3 Å². The lowest BCUT2D eigenvalue weighted by Gasteiger charge is -2.21. The molecular weight excluding hydrogens is 398 g/mol. The van der Waals surface area contributed by atoms with Crippen LogP contribution in [0.5, 0.6) is 5.75 Å². The Kier molecular flexibility index (Phi) is 6.66. The molecule has 0 aliphatic carbocycles. The summed E-state index contributed by atoms with van der Waals surface area (Å²) in [5, 5.41) is 3.48. The van der Waals surface area contributed by atoms with Crippen molar-refractivity contribution < 1.29 is 9.47 Å². The van der Waals surface area contributed by atoms with Crippen molar-refractivity contribution in [1.29, 1.82) is 0 Å². The van der Waals surface area contributed by atoms with Gasteiger partial charge in [0.15, 0.2) is 0 Å². The molecule has 1 aromatic heterocycles. The molecule has 5 heteroatoms. The van der Waals surface area contributed by atoms with Gasteiger partial charge in [-0.1, -0.05) is 42.5 Å². The quantitative estimate of drug-likeness (QED) is 0.501. The highest BCUT2D eigenvalue weighted by molar-refractivity contribution is 5.71. The number of nitrogens with one attached hydrogen (secondary N) is 1. The number of aromatic nitrogens is 1. The standard InChI is InChI=1S/C27H31N3O2/c1-2-6-21(7-3-1)19-31-15-12-22-8-4-10-27-26(22)11-14-30(27)24-16-25(18-28-17-24)32-20-23-9-5-13-29-23/h1-4,6-8,10,16-18,23,29H,5,9,11-15,19-20H2/t23-/m0/s1. The van der Waals surface area contributed by atoms with E-state index in [4.69, 9.17) is 9.47 Å². The first-order valence-electron chi connectivity index (χ1n) is 11.7. The third kappa shape index (κ3) is 4.95. The monoisotopic (exact) mass is 429 g/mol. The molecule has 0 unspecified atom stereocenters. The molecule has 166 valence electrons. The molecular formula is C27H31N3O2. The summed E-state index contributed by atoms with van der Waals surface area (Å²) in [6.07, 6.45) is 8.14. The van der Waals surface area contributed by atoms with Gasteiger partial charge in [-0.2, -0.15) is 0 Å². The molecule has 32 heavy (non-hydrogen) atoms. The van der Waals surface area contributed by atoms with Gasteiger partial charge >= 0.3 is 0 Å². The zero-order chi connectivity index (χ0) is 21.6. The molecule has 0 bridgehead atoms. The van der Waals surface area contributed by atoms with E-state index in [2.05, 4.69) is 63.7 Å². The average Bonchev–Trinajstić information content (AvgIpc) is 3.52. The molecule has 3 aromatic rings. The largest absolute Gasteiger partial charge is 0.490 e. The van der Waals surface area contributed by atoms with E-state index in [9.17, 15) is 0 Å². The smallest absolute Gasteiger partial charge is 0.139 e. The van der Waals surface area contributed by atoms with Crippen LogP contribution in [-0.2, 0) is 24.2 Å². The zero-order valence-corrected chi connectivity index (χ0v) is 18.5. The van der Waals surface area contributed by atoms with Gasteiger partial charge in [-0.05, 0) is 55.0 Å². The van der Waals surface area contributed by atoms with Gasteiger partial charge in [-0.15, -0.1) is 0 Å². The van der Waals surface area contributed by atoms with Crippen molar-refractivity contribution in [3.63, 3.8) is 0 Å². The Morgan fingerprint density at radius 3 is 2.88 bits per heavy atom. The molecule has 0 amide bonds. The van der Waals surface area contributed by atoms with Crippen LogP contribution in [0, 0.1) is 0 Å². The highest BCUT2D eigenvalue weighted by Gasteiger charge is 2.23. The topological polar surface area (TPSA) is 46.6 Å². The number of pyridine rings is 1. The lowest BCUT2D eigenvalue weighted by atomic mass is 10.0. The zero-order valence-electron chi connectivity index (χ0n) is 18.5. The highest BCUT2D eigenvalue weighted by Crippen LogP contribution is 2.37. The minimum Gasteiger partial charge on any atom is -0.490 e. The lowest BCUT2D eigenvalue weighted by molar-refractivity contribution is 0.124. The lowest BCUT2D eigenvalue weighted by Crippen LogP contribution is -2.28. The first kappa shape index (κ1) is 21.0. The van der Waals surface area contributed by atoms with E-state index in [-0.39, 0.29) is 0 Å². The minimum atomic E-state index is 0.456. The van der Waals surface area contributed by atoms with Crippen molar-refractivity contribution in [2.45, 2.75) is 38.3 Å². The van der Waals surface area contributed by atoms with Gasteiger partial charge in [0, 0.05) is 24.3 Å². The van der Waals surface area contributed by atoms with Crippen LogP contribution < -0.4 is 15.0 Å². The number of ether oxygens (including phenoxy) is 2. The van der Waals surface area contributed by atoms with E-state index >= 15 is 0 Å². The van der Waals surface area contributed by atoms with E-state index in [0.717, 1.165) is 44.0 Å². The molecule has 1 saturated heterocycles. The maximum Gasteiger partial charge on any atom is 0.139 e. The van der Waals surface area contributed by atoms with Gasteiger partial charge in [0.05, 0.1) is 31.3 Å². The Morgan fingerprint density at radius 2 is 2.00 bits per heavy atom. The first-order chi connectivity index (χ1) is 15.9. The van der Waals surface area contributed by atoms with Crippen molar-refractivity contribution in [2.75, 3.05) is 31.2 Å². The predicted octanol–water partition coefficient (Wildman–Crippen LogP) is 4.67. The van der Waals surface area contributed by atoms with E-state index in [1.165, 1.54) is 35.2 Å².